The van der Waals surface area contributed by atoms with E-state index in [9.17, 15) is 21.6 Å². The topological polar surface area (TPSA) is 119 Å². The number of hydrogen-bond donors (Lipinski definition) is 0. The van der Waals surface area contributed by atoms with Crippen LogP contribution < -0.4 is 4.31 Å². The second-order valence-corrected chi connectivity index (χ2v) is 13.6. The Kier molecular flexibility index (Phi) is 7.45. The van der Waals surface area contributed by atoms with Crippen LogP contribution >= 0.6 is 11.6 Å². The van der Waals surface area contributed by atoms with Crippen molar-refractivity contribution in [2.24, 2.45) is 0 Å². The maximum absolute atomic E-state index is 13.5. The van der Waals surface area contributed by atoms with Gasteiger partial charge in [-0.2, -0.15) is 4.31 Å². The molecule has 5 aromatic rings. The zero-order valence-corrected chi connectivity index (χ0v) is 24.7. The van der Waals surface area contributed by atoms with Gasteiger partial charge in [0.2, 0.25) is 5.91 Å². The van der Waals surface area contributed by atoms with Crippen LogP contribution in [0.5, 0.6) is 0 Å². The Morgan fingerprint density at radius 1 is 0.854 bits per heavy atom. The van der Waals surface area contributed by atoms with Gasteiger partial charge in [0.05, 0.1) is 14.8 Å². The van der Waals surface area contributed by atoms with Gasteiger partial charge >= 0.3 is 0 Å². The van der Waals surface area contributed by atoms with Crippen LogP contribution in [0.15, 0.2) is 95.1 Å². The zero-order chi connectivity index (χ0) is 29.5. The Morgan fingerprint density at radius 2 is 1.46 bits per heavy atom. The van der Waals surface area contributed by atoms with Gasteiger partial charge in [0, 0.05) is 37.3 Å². The van der Waals surface area contributed by atoms with Crippen molar-refractivity contribution in [2.45, 2.75) is 37.0 Å². The lowest BCUT2D eigenvalue weighted by atomic mass is 10.1. The summed E-state index contributed by atoms with van der Waals surface area (Å²) in [5.74, 6) is -0.771. The average Bonchev–Trinajstić information content (AvgIpc) is 3.28. The van der Waals surface area contributed by atoms with Crippen LogP contribution in [0.4, 0.5) is 5.82 Å². The Balaban J connectivity index is 1.51. The van der Waals surface area contributed by atoms with Crippen molar-refractivity contribution in [1.82, 2.24) is 13.9 Å². The molecule has 12 heteroatoms. The SMILES string of the molecule is CC(=O)N(c1ccc(Cc2cn(S(=O)(=O)c3ccc(C)cc3)c3ncc(Cl)cc23)cn1)S(=O)(=O)c1ccc(C)cc1. The molecule has 41 heavy (non-hydrogen) atoms. The molecule has 0 atom stereocenters. The summed E-state index contributed by atoms with van der Waals surface area (Å²) in [5.41, 5.74) is 3.30. The van der Waals surface area contributed by atoms with Gasteiger partial charge in [-0.25, -0.2) is 30.8 Å². The molecule has 1 amide bonds. The van der Waals surface area contributed by atoms with E-state index in [4.69, 9.17) is 11.6 Å². The Morgan fingerprint density at radius 3 is 2.02 bits per heavy atom. The summed E-state index contributed by atoms with van der Waals surface area (Å²) in [6, 6.07) is 17.4. The quantitative estimate of drug-likeness (QED) is 0.247. The summed E-state index contributed by atoms with van der Waals surface area (Å²) < 4.78 is 55.3. The number of fused-ring (bicyclic) bond motifs is 1. The molecule has 2 aromatic carbocycles. The highest BCUT2D eigenvalue weighted by Gasteiger charge is 2.30. The monoisotopic (exact) mass is 608 g/mol. The molecule has 0 aliphatic heterocycles. The molecule has 0 unspecified atom stereocenters. The number of carbonyl (C=O) groups excluding carboxylic acids is 1. The van der Waals surface area contributed by atoms with Gasteiger partial charge in [0.25, 0.3) is 20.0 Å². The number of pyridine rings is 2. The average molecular weight is 609 g/mol. The first kappa shape index (κ1) is 28.5. The minimum atomic E-state index is -4.19. The van der Waals surface area contributed by atoms with Crippen LogP contribution in [0.25, 0.3) is 11.0 Å². The minimum Gasteiger partial charge on any atom is -0.274 e. The largest absolute Gasteiger partial charge is 0.274 e. The minimum absolute atomic E-state index is 0.0313. The van der Waals surface area contributed by atoms with Crippen molar-refractivity contribution >= 4 is 54.4 Å². The fraction of sp³-hybridized carbons (Fsp3) is 0.138. The summed E-state index contributed by atoms with van der Waals surface area (Å²) in [4.78, 5) is 21.1. The first-order valence-corrected chi connectivity index (χ1v) is 15.7. The number of carbonyl (C=O) groups is 1. The predicted molar refractivity (Wildman–Crippen MR) is 157 cm³/mol. The number of halogens is 1. The molecular weight excluding hydrogens is 584 g/mol. The van der Waals surface area contributed by atoms with Crippen LogP contribution in [0.1, 0.15) is 29.2 Å². The molecular formula is C29H25ClN4O5S2. The molecule has 3 heterocycles. The summed E-state index contributed by atoms with van der Waals surface area (Å²) >= 11 is 6.21. The smallest absolute Gasteiger partial charge is 0.272 e. The second-order valence-electron chi connectivity index (χ2n) is 9.60. The van der Waals surface area contributed by atoms with Crippen LogP contribution in [-0.4, -0.2) is 36.7 Å². The van der Waals surface area contributed by atoms with Crippen LogP contribution in [0.3, 0.4) is 0 Å². The first-order valence-electron chi connectivity index (χ1n) is 12.4. The third kappa shape index (κ3) is 5.48. The summed E-state index contributed by atoms with van der Waals surface area (Å²) in [6.07, 6.45) is 4.58. The Bertz CT molecular complexity index is 1990. The van der Waals surface area contributed by atoms with Crippen LogP contribution in [0, 0.1) is 13.8 Å². The zero-order valence-electron chi connectivity index (χ0n) is 22.3. The number of amides is 1. The Hall–Kier alpha value is -4.06. The highest BCUT2D eigenvalue weighted by atomic mass is 35.5. The molecule has 0 N–H and O–H groups in total. The standard InChI is InChI=1S/C29H25ClN4O5S2/c1-19-4-9-25(10-5-19)40(36,37)33-18-23(27-15-24(30)17-32-29(27)33)14-22-8-13-28(31-16-22)34(21(3)35)41(38,39)26-11-6-20(2)7-12-26/h4-13,15-18H,14H2,1-3H3. The van der Waals surface area contributed by atoms with Crippen LogP contribution in [-0.2, 0) is 31.3 Å². The highest BCUT2D eigenvalue weighted by molar-refractivity contribution is 7.93. The molecule has 9 nitrogen and oxygen atoms in total. The van der Waals surface area contributed by atoms with E-state index in [1.165, 1.54) is 36.8 Å². The van der Waals surface area contributed by atoms with E-state index in [-0.39, 0.29) is 27.7 Å². The van der Waals surface area contributed by atoms with E-state index < -0.39 is 26.0 Å². The van der Waals surface area contributed by atoms with Crippen molar-refractivity contribution in [3.8, 4) is 0 Å². The number of sulfonamides is 1. The molecule has 0 radical (unpaired) electrons. The molecule has 0 saturated heterocycles. The molecule has 0 fully saturated rings. The molecule has 5 rings (SSSR count). The molecule has 0 aliphatic carbocycles. The van der Waals surface area contributed by atoms with Gasteiger partial charge in [-0.05, 0) is 61.4 Å². The van der Waals surface area contributed by atoms with E-state index in [2.05, 4.69) is 9.97 Å². The van der Waals surface area contributed by atoms with E-state index >= 15 is 0 Å². The van der Waals surface area contributed by atoms with Gasteiger partial charge in [-0.1, -0.05) is 53.1 Å². The molecule has 0 bridgehead atoms. The number of hydrogen-bond acceptors (Lipinski definition) is 7. The van der Waals surface area contributed by atoms with Crippen LogP contribution in [0.2, 0.25) is 5.02 Å². The van der Waals surface area contributed by atoms with Gasteiger partial charge in [0.1, 0.15) is 5.82 Å². The van der Waals surface area contributed by atoms with Gasteiger partial charge in [-0.3, -0.25) is 4.79 Å². The van der Waals surface area contributed by atoms with E-state index in [0.29, 0.717) is 25.8 Å². The van der Waals surface area contributed by atoms with E-state index in [1.807, 2.05) is 13.8 Å². The number of benzene rings is 2. The number of anilines is 1. The molecule has 210 valence electrons. The molecule has 0 spiro atoms. The molecule has 0 aliphatic rings. The van der Waals surface area contributed by atoms with E-state index in [0.717, 1.165) is 22.0 Å². The Labute approximate surface area is 243 Å². The maximum Gasteiger partial charge on any atom is 0.272 e. The van der Waals surface area contributed by atoms with Gasteiger partial charge in [-0.15, -0.1) is 0 Å². The highest BCUT2D eigenvalue weighted by Crippen LogP contribution is 2.29. The molecule has 0 saturated carbocycles. The summed E-state index contributed by atoms with van der Waals surface area (Å²) in [5, 5.41) is 0.890. The van der Waals surface area contributed by atoms with Crippen molar-refractivity contribution in [2.75, 3.05) is 4.31 Å². The second kappa shape index (κ2) is 10.7. The number of rotatable bonds is 7. The van der Waals surface area contributed by atoms with Crippen molar-refractivity contribution in [3.63, 3.8) is 0 Å². The third-order valence-electron chi connectivity index (χ3n) is 6.50. The number of aromatic nitrogens is 3. The first-order chi connectivity index (χ1) is 19.4. The number of nitrogens with zero attached hydrogens (tertiary/aromatic N) is 4. The molecule has 3 aromatic heterocycles. The lowest BCUT2D eigenvalue weighted by Gasteiger charge is -2.20. The van der Waals surface area contributed by atoms with Crippen molar-refractivity contribution < 1.29 is 21.6 Å². The van der Waals surface area contributed by atoms with Crippen molar-refractivity contribution in [1.29, 1.82) is 0 Å². The summed E-state index contributed by atoms with van der Waals surface area (Å²) in [6.45, 7) is 4.86. The fourth-order valence-corrected chi connectivity index (χ4v) is 7.28. The van der Waals surface area contributed by atoms with Gasteiger partial charge in [0.15, 0.2) is 5.65 Å². The van der Waals surface area contributed by atoms with E-state index in [1.54, 1.807) is 48.5 Å². The normalized spacial score (nSPS) is 12.0. The fourth-order valence-electron chi connectivity index (χ4n) is 4.39. The van der Waals surface area contributed by atoms with Gasteiger partial charge < -0.3 is 0 Å². The maximum atomic E-state index is 13.5. The predicted octanol–water partition coefficient (Wildman–Crippen LogP) is 5.27. The van der Waals surface area contributed by atoms with Crippen molar-refractivity contribution in [3.05, 3.63) is 113 Å². The lowest BCUT2D eigenvalue weighted by Crippen LogP contribution is -2.35. The lowest BCUT2D eigenvalue weighted by molar-refractivity contribution is -0.115. The number of aryl methyl sites for hydroxylation is 2. The summed E-state index contributed by atoms with van der Waals surface area (Å²) in [7, 11) is -8.14. The third-order valence-corrected chi connectivity index (χ3v) is 10.2.